The Labute approximate surface area is 216 Å². The van der Waals surface area contributed by atoms with Gasteiger partial charge in [0.1, 0.15) is 0 Å². The maximum absolute atomic E-state index is 2.70. The molecule has 2 aromatic rings. The number of rotatable bonds is 1. The van der Waals surface area contributed by atoms with E-state index in [1.54, 1.807) is 5.56 Å². The highest BCUT2D eigenvalue weighted by molar-refractivity contribution is 14.1. The molecule has 0 saturated heterocycles. The minimum Gasteiger partial charge on any atom is -0.0747 e. The number of allylic oxidation sites excluding steroid dienone is 4. The van der Waals surface area contributed by atoms with Crippen molar-refractivity contribution in [3.05, 3.63) is 87.1 Å². The van der Waals surface area contributed by atoms with E-state index < -0.39 is 0 Å². The van der Waals surface area contributed by atoms with Crippen molar-refractivity contribution in [2.75, 3.05) is 0 Å². The van der Waals surface area contributed by atoms with Gasteiger partial charge in [0, 0.05) is 10.7 Å². The molecule has 0 aromatic heterocycles. The van der Waals surface area contributed by atoms with Crippen molar-refractivity contribution in [1.82, 2.24) is 0 Å². The molecule has 25 heavy (non-hydrogen) atoms. The number of hydrogen-bond acceptors (Lipinski definition) is 0. The Morgan fingerprint density at radius 2 is 1.48 bits per heavy atom. The van der Waals surface area contributed by atoms with Crippen molar-refractivity contribution < 1.29 is 0 Å². The van der Waals surface area contributed by atoms with E-state index in [1.807, 2.05) is 0 Å². The third-order valence-electron chi connectivity index (χ3n) is 4.90. The summed E-state index contributed by atoms with van der Waals surface area (Å²) in [5, 5.41) is 0. The van der Waals surface area contributed by atoms with Gasteiger partial charge in [-0.15, -0.1) is 0 Å². The van der Waals surface area contributed by atoms with Crippen LogP contribution in [0, 0.1) is 0 Å². The average molecular weight is 888 g/mol. The van der Waals surface area contributed by atoms with Crippen LogP contribution in [0.3, 0.4) is 0 Å². The molecule has 0 aliphatic heterocycles. The summed E-state index contributed by atoms with van der Waals surface area (Å²) in [4.78, 5) is 0. The molecule has 2 aliphatic rings. The van der Waals surface area contributed by atoms with Crippen LogP contribution in [0.5, 0.6) is 0 Å². The lowest BCUT2D eigenvalue weighted by Crippen LogP contribution is -2.32. The molecule has 4 rings (SSSR count). The van der Waals surface area contributed by atoms with Crippen LogP contribution in [0.4, 0.5) is 0 Å². The summed E-state index contributed by atoms with van der Waals surface area (Å²) in [7, 11) is 0. The van der Waals surface area contributed by atoms with Crippen LogP contribution in [0.25, 0.3) is 0 Å². The summed E-state index contributed by atoms with van der Waals surface area (Å²) < 4.78 is 4.71. The molecule has 2 atom stereocenters. The second-order valence-electron chi connectivity index (χ2n) is 6.35. The minimum atomic E-state index is 0.0116. The molecule has 0 spiro atoms. The highest BCUT2D eigenvalue weighted by atomic mass is 127. The Balaban J connectivity index is 1.87. The molecule has 0 N–H and O–H groups in total. The molecular weight excluding hydrogens is 875 g/mol. The smallest absolute Gasteiger partial charge is 0.0747 e. The lowest BCUT2D eigenvalue weighted by Gasteiger charge is -2.37. The molecule has 2 unspecified atom stereocenters. The van der Waals surface area contributed by atoms with Crippen LogP contribution in [0.1, 0.15) is 27.8 Å². The number of halogens is 5. The summed E-state index contributed by atoms with van der Waals surface area (Å²) in [5.74, 6) is 0. The van der Waals surface area contributed by atoms with Crippen molar-refractivity contribution in [2.45, 2.75) is 20.2 Å². The molecule has 5 heteroatoms. The van der Waals surface area contributed by atoms with E-state index >= 15 is 0 Å². The average Bonchev–Trinajstić information content (AvgIpc) is 2.62. The van der Waals surface area contributed by atoms with Crippen molar-refractivity contribution >= 4 is 113 Å². The van der Waals surface area contributed by atoms with Gasteiger partial charge >= 0.3 is 0 Å². The number of alkyl halides is 2. The summed E-state index contributed by atoms with van der Waals surface area (Å²) in [6, 6.07) is 15.8. The molecule has 128 valence electrons. The van der Waals surface area contributed by atoms with Crippen LogP contribution < -0.4 is 0 Å². The monoisotopic (exact) mass is 888 g/mol. The Morgan fingerprint density at radius 1 is 0.840 bits per heavy atom. The zero-order valence-electron chi connectivity index (χ0n) is 13.0. The highest BCUT2D eigenvalue weighted by Gasteiger charge is 2.42. The SMILES string of the molecule is IC1=CC(I)(c2cccc3c2Cc2ccccc2C3)C(I)C(I)=C1I. The van der Waals surface area contributed by atoms with Crippen molar-refractivity contribution in [1.29, 1.82) is 0 Å². The maximum Gasteiger partial charge on any atom is 0.0829 e. The van der Waals surface area contributed by atoms with Gasteiger partial charge in [0.05, 0.1) is 7.35 Å². The van der Waals surface area contributed by atoms with Gasteiger partial charge in [-0.25, -0.2) is 0 Å². The standard InChI is InChI=1S/C20H13I5/c21-16-10-20(25,19(24)18(23)17(16)22)15-7-3-6-13-8-11-4-1-2-5-12(11)9-14(13)15/h1-7,10,19H,8-9H2. The van der Waals surface area contributed by atoms with Crippen molar-refractivity contribution in [3.8, 4) is 0 Å². The van der Waals surface area contributed by atoms with Gasteiger partial charge in [0.2, 0.25) is 0 Å². The van der Waals surface area contributed by atoms with E-state index in [-0.39, 0.29) is 3.42 Å². The fraction of sp³-hybridized carbons (Fsp3) is 0.200. The molecule has 2 aromatic carbocycles. The molecule has 0 fully saturated rings. The summed E-state index contributed by atoms with van der Waals surface area (Å²) in [5.41, 5.74) is 7.50. The molecule has 2 aliphatic carbocycles. The van der Waals surface area contributed by atoms with Crippen LogP contribution >= 0.6 is 113 Å². The predicted molar refractivity (Wildman–Crippen MR) is 149 cm³/mol. The molecule has 0 nitrogen and oxygen atoms in total. The van der Waals surface area contributed by atoms with E-state index in [2.05, 4.69) is 161 Å². The minimum absolute atomic E-state index is 0.0116. The molecule has 0 heterocycles. The van der Waals surface area contributed by atoms with Crippen molar-refractivity contribution in [3.63, 3.8) is 0 Å². The van der Waals surface area contributed by atoms with Gasteiger partial charge in [0.15, 0.2) is 0 Å². The highest BCUT2D eigenvalue weighted by Crippen LogP contribution is 2.55. The number of benzene rings is 2. The number of hydrogen-bond donors (Lipinski definition) is 0. The van der Waals surface area contributed by atoms with E-state index in [4.69, 9.17) is 0 Å². The topological polar surface area (TPSA) is 0 Å². The van der Waals surface area contributed by atoms with Crippen LogP contribution in [-0.4, -0.2) is 3.92 Å². The fourth-order valence-corrected chi connectivity index (χ4v) is 9.90. The van der Waals surface area contributed by atoms with Gasteiger partial charge in [-0.3, -0.25) is 0 Å². The summed E-state index contributed by atoms with van der Waals surface area (Å²) >= 11 is 12.9. The van der Waals surface area contributed by atoms with E-state index in [0.717, 1.165) is 12.8 Å². The van der Waals surface area contributed by atoms with Crippen LogP contribution in [0.15, 0.2) is 59.3 Å². The van der Waals surface area contributed by atoms with E-state index in [9.17, 15) is 0 Å². The quantitative estimate of drug-likeness (QED) is 0.172. The van der Waals surface area contributed by atoms with Gasteiger partial charge in [-0.2, -0.15) is 0 Å². The third-order valence-corrected chi connectivity index (χ3v) is 15.6. The maximum atomic E-state index is 2.70. The Bertz CT molecular complexity index is 927. The lowest BCUT2D eigenvalue weighted by molar-refractivity contribution is 0.823. The van der Waals surface area contributed by atoms with E-state index in [0.29, 0.717) is 3.92 Å². The Hall–Kier alpha value is 1.57. The molecular formula is C20H13I5. The molecule has 0 saturated carbocycles. The summed E-state index contributed by atoms with van der Waals surface area (Å²) in [6.45, 7) is 0. The van der Waals surface area contributed by atoms with Gasteiger partial charge in [-0.05, 0) is 115 Å². The predicted octanol–water partition coefficient (Wildman–Crippen LogP) is 8.03. The Kier molecular flexibility index (Phi) is 6.18. The molecule has 0 bridgehead atoms. The number of fused-ring (bicyclic) bond motifs is 2. The second-order valence-corrected chi connectivity index (χ2v) is 12.8. The van der Waals surface area contributed by atoms with Gasteiger partial charge < -0.3 is 0 Å². The largest absolute Gasteiger partial charge is 0.0829 e. The zero-order chi connectivity index (χ0) is 17.8. The van der Waals surface area contributed by atoms with E-state index in [1.165, 1.54) is 33.0 Å². The molecule has 0 amide bonds. The Morgan fingerprint density at radius 3 is 2.20 bits per heavy atom. The second kappa shape index (κ2) is 7.77. The molecule has 0 radical (unpaired) electrons. The first-order valence-corrected chi connectivity index (χ1v) is 13.4. The zero-order valence-corrected chi connectivity index (χ0v) is 23.8. The third kappa shape index (κ3) is 3.52. The van der Waals surface area contributed by atoms with Gasteiger partial charge in [-0.1, -0.05) is 87.6 Å². The fourth-order valence-electron chi connectivity index (χ4n) is 3.61. The first-order valence-electron chi connectivity index (χ1n) is 7.86. The van der Waals surface area contributed by atoms with Crippen molar-refractivity contribution in [2.24, 2.45) is 0 Å². The van der Waals surface area contributed by atoms with Crippen LogP contribution in [-0.2, 0) is 16.3 Å². The normalized spacial score (nSPS) is 25.3. The summed E-state index contributed by atoms with van der Waals surface area (Å²) in [6.07, 6.45) is 4.59. The van der Waals surface area contributed by atoms with Crippen LogP contribution in [0.2, 0.25) is 0 Å². The first kappa shape index (κ1) is 19.9. The first-order chi connectivity index (χ1) is 11.9. The lowest BCUT2D eigenvalue weighted by atomic mass is 9.79. The van der Waals surface area contributed by atoms with Gasteiger partial charge in [0.25, 0.3) is 0 Å².